The van der Waals surface area contributed by atoms with Gasteiger partial charge in [0.1, 0.15) is 0 Å². The van der Waals surface area contributed by atoms with Crippen LogP contribution in [0.4, 0.5) is 0 Å². The van der Waals surface area contributed by atoms with Crippen LogP contribution < -0.4 is 0 Å². The second kappa shape index (κ2) is 3.61. The van der Waals surface area contributed by atoms with Crippen LogP contribution in [0.15, 0.2) is 11.6 Å². The molecule has 0 aliphatic heterocycles. The Kier molecular flexibility index (Phi) is 2.94. The van der Waals surface area contributed by atoms with Gasteiger partial charge in [0, 0.05) is 0 Å². The van der Waals surface area contributed by atoms with E-state index in [0.29, 0.717) is 5.41 Å². The average Bonchev–Trinajstić information content (AvgIpc) is 2.35. The van der Waals surface area contributed by atoms with Crippen molar-refractivity contribution in [1.29, 1.82) is 0 Å². The van der Waals surface area contributed by atoms with Crippen LogP contribution in [0.5, 0.6) is 0 Å². The molecule has 0 aromatic carbocycles. The van der Waals surface area contributed by atoms with Crippen molar-refractivity contribution in [2.24, 2.45) is 5.41 Å². The molecule has 1 aliphatic carbocycles. The normalized spacial score (nSPS) is 25.8. The molecule has 0 radical (unpaired) electrons. The molecule has 0 heterocycles. The SMILES string of the molecule is C/C(=C\C1(C)CCCC1)C(C)O. The first-order valence-corrected chi connectivity index (χ1v) is 4.91. The number of hydrogen-bond acceptors (Lipinski definition) is 1. The molecule has 0 amide bonds. The summed E-state index contributed by atoms with van der Waals surface area (Å²) in [5, 5.41) is 9.33. The molecule has 0 saturated heterocycles. The molecule has 0 aromatic heterocycles. The predicted octanol–water partition coefficient (Wildman–Crippen LogP) is 2.89. The Balaban J connectivity index is 2.63. The molecular formula is C11H20O. The summed E-state index contributed by atoms with van der Waals surface area (Å²) in [5.74, 6) is 0. The van der Waals surface area contributed by atoms with Crippen LogP contribution in [0.3, 0.4) is 0 Å². The lowest BCUT2D eigenvalue weighted by Gasteiger charge is -2.20. The van der Waals surface area contributed by atoms with E-state index in [4.69, 9.17) is 0 Å². The number of aliphatic hydroxyl groups is 1. The molecule has 1 N–H and O–H groups in total. The molecule has 1 rings (SSSR count). The van der Waals surface area contributed by atoms with Crippen molar-refractivity contribution in [3.63, 3.8) is 0 Å². The molecular weight excluding hydrogens is 148 g/mol. The molecule has 1 unspecified atom stereocenters. The topological polar surface area (TPSA) is 20.2 Å². The Hall–Kier alpha value is -0.300. The van der Waals surface area contributed by atoms with Gasteiger partial charge in [-0.3, -0.25) is 0 Å². The van der Waals surface area contributed by atoms with E-state index in [9.17, 15) is 5.11 Å². The fourth-order valence-corrected chi connectivity index (χ4v) is 2.00. The lowest BCUT2D eigenvalue weighted by Crippen LogP contribution is -2.11. The molecule has 0 bridgehead atoms. The van der Waals surface area contributed by atoms with Gasteiger partial charge in [-0.2, -0.15) is 0 Å². The maximum Gasteiger partial charge on any atom is 0.0719 e. The highest BCUT2D eigenvalue weighted by Crippen LogP contribution is 2.39. The summed E-state index contributed by atoms with van der Waals surface area (Å²) >= 11 is 0. The van der Waals surface area contributed by atoms with E-state index in [-0.39, 0.29) is 6.10 Å². The van der Waals surface area contributed by atoms with Crippen molar-refractivity contribution < 1.29 is 5.11 Å². The van der Waals surface area contributed by atoms with Gasteiger partial charge in [-0.15, -0.1) is 0 Å². The predicted molar refractivity (Wildman–Crippen MR) is 52.0 cm³/mol. The van der Waals surface area contributed by atoms with Crippen molar-refractivity contribution in [2.45, 2.75) is 52.6 Å². The van der Waals surface area contributed by atoms with Crippen LogP contribution in [-0.2, 0) is 0 Å². The monoisotopic (exact) mass is 168 g/mol. The van der Waals surface area contributed by atoms with Gasteiger partial charge in [-0.05, 0) is 37.7 Å². The minimum absolute atomic E-state index is 0.276. The lowest BCUT2D eigenvalue weighted by atomic mass is 9.86. The van der Waals surface area contributed by atoms with E-state index in [2.05, 4.69) is 13.0 Å². The third-order valence-corrected chi connectivity index (χ3v) is 2.98. The molecule has 0 spiro atoms. The van der Waals surface area contributed by atoms with E-state index in [1.807, 2.05) is 13.8 Å². The zero-order valence-electron chi connectivity index (χ0n) is 8.43. The second-order valence-corrected chi connectivity index (χ2v) is 4.43. The quantitative estimate of drug-likeness (QED) is 0.629. The summed E-state index contributed by atoms with van der Waals surface area (Å²) in [4.78, 5) is 0. The molecule has 1 atom stereocenters. The van der Waals surface area contributed by atoms with Gasteiger partial charge in [-0.25, -0.2) is 0 Å². The van der Waals surface area contributed by atoms with Gasteiger partial charge in [-0.1, -0.05) is 25.8 Å². The number of allylic oxidation sites excluding steroid dienone is 1. The van der Waals surface area contributed by atoms with E-state index >= 15 is 0 Å². The van der Waals surface area contributed by atoms with Crippen LogP contribution in [0, 0.1) is 5.41 Å². The number of hydrogen-bond donors (Lipinski definition) is 1. The van der Waals surface area contributed by atoms with Crippen LogP contribution in [-0.4, -0.2) is 11.2 Å². The molecule has 1 fully saturated rings. The van der Waals surface area contributed by atoms with Gasteiger partial charge in [0.05, 0.1) is 6.10 Å². The Bertz CT molecular complexity index is 173. The number of rotatable bonds is 2. The number of aliphatic hydroxyl groups excluding tert-OH is 1. The van der Waals surface area contributed by atoms with Gasteiger partial charge < -0.3 is 5.11 Å². The minimum atomic E-state index is -0.276. The molecule has 1 aliphatic rings. The molecule has 70 valence electrons. The largest absolute Gasteiger partial charge is 0.389 e. The Morgan fingerprint density at radius 3 is 2.33 bits per heavy atom. The van der Waals surface area contributed by atoms with Gasteiger partial charge >= 0.3 is 0 Å². The molecule has 0 aromatic rings. The summed E-state index contributed by atoms with van der Waals surface area (Å²) < 4.78 is 0. The van der Waals surface area contributed by atoms with Crippen LogP contribution in [0.1, 0.15) is 46.5 Å². The smallest absolute Gasteiger partial charge is 0.0719 e. The molecule has 1 nitrogen and oxygen atoms in total. The van der Waals surface area contributed by atoms with Gasteiger partial charge in [0.15, 0.2) is 0 Å². The first-order valence-electron chi connectivity index (χ1n) is 4.91. The first-order chi connectivity index (χ1) is 5.53. The van der Waals surface area contributed by atoms with E-state index in [1.54, 1.807) is 0 Å². The summed E-state index contributed by atoms with van der Waals surface area (Å²) in [7, 11) is 0. The highest BCUT2D eigenvalue weighted by molar-refractivity contribution is 5.10. The zero-order chi connectivity index (χ0) is 9.19. The summed E-state index contributed by atoms with van der Waals surface area (Å²) in [6.45, 7) is 6.16. The Morgan fingerprint density at radius 1 is 1.42 bits per heavy atom. The van der Waals surface area contributed by atoms with Crippen LogP contribution in [0.25, 0.3) is 0 Å². The maximum absolute atomic E-state index is 9.33. The van der Waals surface area contributed by atoms with E-state index < -0.39 is 0 Å². The third-order valence-electron chi connectivity index (χ3n) is 2.98. The van der Waals surface area contributed by atoms with E-state index in [1.165, 1.54) is 25.7 Å². The average molecular weight is 168 g/mol. The van der Waals surface area contributed by atoms with Gasteiger partial charge in [0.2, 0.25) is 0 Å². The second-order valence-electron chi connectivity index (χ2n) is 4.43. The highest BCUT2D eigenvalue weighted by Gasteiger charge is 2.26. The van der Waals surface area contributed by atoms with Crippen molar-refractivity contribution in [1.82, 2.24) is 0 Å². The summed E-state index contributed by atoms with van der Waals surface area (Å²) in [5.41, 5.74) is 1.50. The Labute approximate surface area is 75.5 Å². The van der Waals surface area contributed by atoms with Crippen molar-refractivity contribution in [2.75, 3.05) is 0 Å². The molecule has 12 heavy (non-hydrogen) atoms. The Morgan fingerprint density at radius 2 is 1.92 bits per heavy atom. The van der Waals surface area contributed by atoms with Crippen LogP contribution in [0.2, 0.25) is 0 Å². The highest BCUT2D eigenvalue weighted by atomic mass is 16.3. The standard InChI is InChI=1S/C11H20O/c1-9(10(2)12)8-11(3)6-4-5-7-11/h8,10,12H,4-7H2,1-3H3/b9-8+. The molecule has 1 saturated carbocycles. The summed E-state index contributed by atoms with van der Waals surface area (Å²) in [6.07, 6.45) is 7.27. The zero-order valence-corrected chi connectivity index (χ0v) is 8.43. The maximum atomic E-state index is 9.33. The lowest BCUT2D eigenvalue weighted by molar-refractivity contribution is 0.228. The fraction of sp³-hybridized carbons (Fsp3) is 0.818. The van der Waals surface area contributed by atoms with Crippen molar-refractivity contribution in [3.05, 3.63) is 11.6 Å². The minimum Gasteiger partial charge on any atom is -0.389 e. The third kappa shape index (κ3) is 2.34. The van der Waals surface area contributed by atoms with E-state index in [0.717, 1.165) is 5.57 Å². The summed E-state index contributed by atoms with van der Waals surface area (Å²) in [6, 6.07) is 0. The first kappa shape index (κ1) is 9.79. The van der Waals surface area contributed by atoms with Crippen LogP contribution >= 0.6 is 0 Å². The fourth-order valence-electron chi connectivity index (χ4n) is 2.00. The van der Waals surface area contributed by atoms with Crippen molar-refractivity contribution in [3.8, 4) is 0 Å². The molecule has 1 heteroatoms. The van der Waals surface area contributed by atoms with Crippen molar-refractivity contribution >= 4 is 0 Å². The van der Waals surface area contributed by atoms with Gasteiger partial charge in [0.25, 0.3) is 0 Å².